The second-order valence-corrected chi connectivity index (χ2v) is 4.87. The monoisotopic (exact) mass is 275 g/mol. The van der Waals surface area contributed by atoms with Gasteiger partial charge in [-0.1, -0.05) is 32.1 Å². The van der Waals surface area contributed by atoms with Gasteiger partial charge in [-0.05, 0) is 37.0 Å². The van der Waals surface area contributed by atoms with E-state index >= 15 is 0 Å². The first-order valence-corrected chi connectivity index (χ1v) is 6.74. The zero-order valence-corrected chi connectivity index (χ0v) is 12.1. The molecule has 1 atom stereocenters. The number of carboxylic acid groups (broad SMARTS) is 1. The number of carbonyl (C=O) groups is 2. The third-order valence-electron chi connectivity index (χ3n) is 3.09. The van der Waals surface area contributed by atoms with Crippen LogP contribution in [0.5, 0.6) is 0 Å². The molecule has 0 saturated carbocycles. The number of aliphatic carboxylic acids is 1. The average Bonchev–Trinajstić information content (AvgIpc) is 2.39. The fourth-order valence-electron chi connectivity index (χ4n) is 1.90. The number of hydrogen-bond donors (Lipinski definition) is 2. The van der Waals surface area contributed by atoms with Gasteiger partial charge >= 0.3 is 5.97 Å². The second kappa shape index (κ2) is 7.48. The Morgan fingerprint density at radius 1 is 1.30 bits per heavy atom. The van der Waals surface area contributed by atoms with Crippen molar-refractivity contribution in [3.8, 4) is 0 Å². The molecule has 0 spiro atoms. The molecule has 0 aliphatic rings. The number of carboxylic acids is 1. The van der Waals surface area contributed by atoms with E-state index in [0.29, 0.717) is 11.3 Å². The van der Waals surface area contributed by atoms with Gasteiger partial charge in [-0.3, -0.25) is 9.59 Å². The molecule has 4 heteroatoms. The van der Waals surface area contributed by atoms with Gasteiger partial charge in [-0.2, -0.15) is 0 Å². The van der Waals surface area contributed by atoms with E-state index < -0.39 is 5.97 Å². The van der Waals surface area contributed by atoms with Crippen molar-refractivity contribution in [1.29, 1.82) is 0 Å². The van der Waals surface area contributed by atoms with Crippen LogP contribution in [-0.4, -0.2) is 17.0 Å². The number of allylic oxidation sites excluding steroid dienone is 1. The minimum Gasteiger partial charge on any atom is -0.481 e. The van der Waals surface area contributed by atoms with Crippen molar-refractivity contribution in [3.63, 3.8) is 0 Å². The summed E-state index contributed by atoms with van der Waals surface area (Å²) in [6, 6.07) is 7.29. The Balaban J connectivity index is 2.70. The first kappa shape index (κ1) is 16.0. The Morgan fingerprint density at radius 2 is 1.90 bits per heavy atom. The molecule has 2 N–H and O–H groups in total. The molecule has 1 aromatic carbocycles. The largest absolute Gasteiger partial charge is 0.481 e. The van der Waals surface area contributed by atoms with Crippen molar-refractivity contribution in [1.82, 2.24) is 0 Å². The first-order valence-electron chi connectivity index (χ1n) is 6.74. The van der Waals surface area contributed by atoms with E-state index in [4.69, 9.17) is 5.11 Å². The Bertz CT molecular complexity index is 503. The molecule has 0 radical (unpaired) electrons. The second-order valence-electron chi connectivity index (χ2n) is 4.87. The number of carbonyl (C=O) groups excluding carboxylic acids is 1. The van der Waals surface area contributed by atoms with Crippen molar-refractivity contribution in [2.24, 2.45) is 0 Å². The van der Waals surface area contributed by atoms with Crippen LogP contribution in [0, 0.1) is 0 Å². The molecule has 20 heavy (non-hydrogen) atoms. The topological polar surface area (TPSA) is 66.4 Å². The van der Waals surface area contributed by atoms with Crippen molar-refractivity contribution >= 4 is 17.6 Å². The highest BCUT2D eigenvalue weighted by atomic mass is 16.4. The van der Waals surface area contributed by atoms with Crippen LogP contribution in [0.4, 0.5) is 5.69 Å². The third kappa shape index (κ3) is 4.88. The zero-order chi connectivity index (χ0) is 15.1. The number of nitrogens with one attached hydrogen (secondary N) is 1. The molecule has 1 rings (SSSR count). The summed E-state index contributed by atoms with van der Waals surface area (Å²) >= 11 is 0. The molecule has 0 bridgehead atoms. The smallest absolute Gasteiger partial charge is 0.303 e. The maximum Gasteiger partial charge on any atom is 0.303 e. The van der Waals surface area contributed by atoms with E-state index in [0.717, 1.165) is 12.0 Å². The third-order valence-corrected chi connectivity index (χ3v) is 3.09. The Labute approximate surface area is 119 Å². The van der Waals surface area contributed by atoms with Crippen LogP contribution in [0.2, 0.25) is 0 Å². The predicted octanol–water partition coefficient (Wildman–Crippen LogP) is 3.56. The Morgan fingerprint density at radius 3 is 2.40 bits per heavy atom. The minimum absolute atomic E-state index is 0.0426. The molecule has 1 aromatic rings. The maximum absolute atomic E-state index is 11.8. The minimum atomic E-state index is -0.810. The van der Waals surface area contributed by atoms with Crippen molar-refractivity contribution in [2.45, 2.75) is 39.5 Å². The SMILES string of the molecule is CC/C=C(/C)C(=O)Nc1ccc(C(C)CC(=O)O)cc1. The zero-order valence-electron chi connectivity index (χ0n) is 12.1. The summed E-state index contributed by atoms with van der Waals surface area (Å²) in [5, 5.41) is 11.6. The van der Waals surface area contributed by atoms with Crippen molar-refractivity contribution in [3.05, 3.63) is 41.5 Å². The van der Waals surface area contributed by atoms with Gasteiger partial charge in [-0.25, -0.2) is 0 Å². The summed E-state index contributed by atoms with van der Waals surface area (Å²) in [6.45, 7) is 5.63. The van der Waals surface area contributed by atoms with Crippen LogP contribution in [0.3, 0.4) is 0 Å². The highest BCUT2D eigenvalue weighted by Crippen LogP contribution is 2.21. The number of benzene rings is 1. The van der Waals surface area contributed by atoms with Gasteiger partial charge in [0.1, 0.15) is 0 Å². The van der Waals surface area contributed by atoms with E-state index in [9.17, 15) is 9.59 Å². The molecule has 4 nitrogen and oxygen atoms in total. The maximum atomic E-state index is 11.8. The lowest BCUT2D eigenvalue weighted by Crippen LogP contribution is -2.12. The molecular formula is C16H21NO3. The van der Waals surface area contributed by atoms with Gasteiger partial charge < -0.3 is 10.4 Å². The van der Waals surface area contributed by atoms with Gasteiger partial charge in [-0.15, -0.1) is 0 Å². The van der Waals surface area contributed by atoms with Crippen LogP contribution >= 0.6 is 0 Å². The van der Waals surface area contributed by atoms with Gasteiger partial charge in [0, 0.05) is 11.3 Å². The van der Waals surface area contributed by atoms with Gasteiger partial charge in [0.25, 0.3) is 5.91 Å². The highest BCUT2D eigenvalue weighted by molar-refractivity contribution is 6.03. The average molecular weight is 275 g/mol. The number of anilines is 1. The van der Waals surface area contributed by atoms with E-state index in [1.807, 2.05) is 32.1 Å². The normalized spacial score (nSPS) is 12.8. The van der Waals surface area contributed by atoms with E-state index in [-0.39, 0.29) is 18.2 Å². The van der Waals surface area contributed by atoms with Crippen LogP contribution in [-0.2, 0) is 9.59 Å². The Hall–Kier alpha value is -2.10. The lowest BCUT2D eigenvalue weighted by atomic mass is 9.98. The lowest BCUT2D eigenvalue weighted by Gasteiger charge is -2.11. The van der Waals surface area contributed by atoms with Gasteiger partial charge in [0.15, 0.2) is 0 Å². The summed E-state index contributed by atoms with van der Waals surface area (Å²) in [6.07, 6.45) is 2.80. The summed E-state index contributed by atoms with van der Waals surface area (Å²) in [5.74, 6) is -0.965. The van der Waals surface area contributed by atoms with E-state index in [2.05, 4.69) is 5.32 Å². The highest BCUT2D eigenvalue weighted by Gasteiger charge is 2.10. The molecule has 0 fully saturated rings. The summed E-state index contributed by atoms with van der Waals surface area (Å²) in [5.41, 5.74) is 2.35. The van der Waals surface area contributed by atoms with Crippen LogP contribution in [0.1, 0.15) is 45.1 Å². The standard InChI is InChI=1S/C16H21NO3/c1-4-5-11(2)16(20)17-14-8-6-13(7-9-14)12(3)10-15(18)19/h5-9,12H,4,10H2,1-3H3,(H,17,20)(H,18,19)/b11-5-. The molecule has 0 heterocycles. The van der Waals surface area contributed by atoms with Crippen LogP contribution in [0.15, 0.2) is 35.9 Å². The fraction of sp³-hybridized carbons (Fsp3) is 0.375. The molecule has 0 saturated heterocycles. The lowest BCUT2D eigenvalue weighted by molar-refractivity contribution is -0.137. The molecule has 1 amide bonds. The van der Waals surface area contributed by atoms with Crippen LogP contribution < -0.4 is 5.32 Å². The molecule has 108 valence electrons. The molecule has 0 aromatic heterocycles. The Kier molecular flexibility index (Phi) is 5.97. The molecule has 0 aliphatic heterocycles. The van der Waals surface area contributed by atoms with Gasteiger partial charge in [0.2, 0.25) is 0 Å². The summed E-state index contributed by atoms with van der Waals surface area (Å²) < 4.78 is 0. The van der Waals surface area contributed by atoms with E-state index in [1.165, 1.54) is 0 Å². The van der Waals surface area contributed by atoms with Crippen LogP contribution in [0.25, 0.3) is 0 Å². The van der Waals surface area contributed by atoms with Gasteiger partial charge in [0.05, 0.1) is 6.42 Å². The number of hydrogen-bond acceptors (Lipinski definition) is 2. The molecule has 1 unspecified atom stereocenters. The molecule has 0 aliphatic carbocycles. The number of amides is 1. The fourth-order valence-corrected chi connectivity index (χ4v) is 1.90. The van der Waals surface area contributed by atoms with Crippen molar-refractivity contribution < 1.29 is 14.7 Å². The van der Waals surface area contributed by atoms with Crippen molar-refractivity contribution in [2.75, 3.05) is 5.32 Å². The quantitative estimate of drug-likeness (QED) is 0.780. The summed E-state index contributed by atoms with van der Waals surface area (Å²) in [4.78, 5) is 22.5. The molecular weight excluding hydrogens is 254 g/mol. The number of rotatable bonds is 6. The first-order chi connectivity index (χ1) is 9.43. The summed E-state index contributed by atoms with van der Waals surface area (Å²) in [7, 11) is 0. The predicted molar refractivity (Wildman–Crippen MR) is 79.8 cm³/mol. The van der Waals surface area contributed by atoms with E-state index in [1.54, 1.807) is 19.1 Å².